The molecule has 1 unspecified atom stereocenters. The van der Waals surface area contributed by atoms with E-state index in [1.54, 1.807) is 0 Å². The van der Waals surface area contributed by atoms with E-state index in [0.29, 0.717) is 0 Å². The maximum absolute atomic E-state index is 13.7. The van der Waals surface area contributed by atoms with Crippen LogP contribution in [0.15, 0.2) is 0 Å². The molecule has 0 aromatic heterocycles. The van der Waals surface area contributed by atoms with E-state index < -0.39 is 65.1 Å². The molecule has 0 spiro atoms. The minimum Gasteiger partial charge on any atom is -0.218 e. The molecule has 0 fully saturated rings. The SMILES string of the molecule is FN(C(F)(F)C(F)(C(F)(F)F)C(F)(F)F)C(F)(F)C(F)(C(F)(F)F)C(F)(F)C(F)(F)C(F)(F)F. The smallest absolute Gasteiger partial charge is 0.218 e. The van der Waals surface area contributed by atoms with E-state index in [9.17, 15) is 101 Å². The lowest BCUT2D eigenvalue weighted by molar-refractivity contribution is -0.513. The summed E-state index contributed by atoms with van der Waals surface area (Å²) in [4.78, 5) is 0. The van der Waals surface area contributed by atoms with Gasteiger partial charge >= 0.3 is 60.0 Å². The van der Waals surface area contributed by atoms with Crippen molar-refractivity contribution in [2.24, 2.45) is 0 Å². The fraction of sp³-hybridized carbons (Fsp3) is 1.00. The Bertz CT molecular complexity index is 719. The van der Waals surface area contributed by atoms with E-state index in [1.165, 1.54) is 0 Å². The maximum Gasteiger partial charge on any atom is 0.460 e. The number of rotatable bonds is 6. The summed E-state index contributed by atoms with van der Waals surface area (Å²) in [5.41, 5.74) is -18.2. The molecule has 1 nitrogen and oxygen atoms in total. The molecule has 206 valence electrons. The molecule has 0 rings (SSSR count). The number of nitrogens with zero attached hydrogens (tertiary/aromatic N) is 1. The van der Waals surface area contributed by atoms with Gasteiger partial charge in [0.05, 0.1) is 0 Å². The van der Waals surface area contributed by atoms with Crippen molar-refractivity contribution in [3.05, 3.63) is 0 Å². The van der Waals surface area contributed by atoms with E-state index in [2.05, 4.69) is 0 Å². The minimum absolute atomic E-state index is 5.48. The quantitative estimate of drug-likeness (QED) is 0.184. The summed E-state index contributed by atoms with van der Waals surface area (Å²) in [5.74, 6) is -18.0. The topological polar surface area (TPSA) is 3.24 Å². The molecule has 0 aliphatic carbocycles. The van der Waals surface area contributed by atoms with Crippen LogP contribution in [0.4, 0.5) is 101 Å². The summed E-state index contributed by atoms with van der Waals surface area (Å²) in [6.45, 7) is 0. The van der Waals surface area contributed by atoms with Crippen LogP contribution in [0.3, 0.4) is 0 Å². The van der Waals surface area contributed by atoms with Gasteiger partial charge in [0.15, 0.2) is 0 Å². The van der Waals surface area contributed by atoms with Crippen LogP contribution in [0.5, 0.6) is 0 Å². The van der Waals surface area contributed by atoms with Crippen LogP contribution in [0.2, 0.25) is 0 Å². The van der Waals surface area contributed by atoms with Crippen molar-refractivity contribution in [3.63, 3.8) is 0 Å². The third-order valence-corrected chi connectivity index (χ3v) is 3.68. The number of halogens is 23. The lowest BCUT2D eigenvalue weighted by Gasteiger charge is -2.46. The maximum atomic E-state index is 13.7. The number of hydrogen-bond acceptors (Lipinski definition) is 1. The van der Waals surface area contributed by atoms with Crippen molar-refractivity contribution in [2.75, 3.05) is 0 Å². The molecule has 0 saturated heterocycles. The molecule has 34 heavy (non-hydrogen) atoms. The molecule has 0 N–H and O–H groups in total. The molecular weight excluding hydrogens is 571 g/mol. The summed E-state index contributed by atoms with van der Waals surface area (Å²) < 4.78 is 292. The molecule has 0 aromatic rings. The first-order valence-corrected chi connectivity index (χ1v) is 6.77. The zero-order valence-corrected chi connectivity index (χ0v) is 14.1. The van der Waals surface area contributed by atoms with Crippen LogP contribution in [-0.2, 0) is 0 Å². The second-order valence-electron chi connectivity index (χ2n) is 5.82. The van der Waals surface area contributed by atoms with Gasteiger partial charge in [-0.25, -0.2) is 8.78 Å². The fourth-order valence-corrected chi connectivity index (χ4v) is 1.88. The van der Waals surface area contributed by atoms with Gasteiger partial charge in [-0.15, -0.1) is 4.48 Å². The normalized spacial score (nSPS) is 18.4. The summed E-state index contributed by atoms with van der Waals surface area (Å²) in [6.07, 6.45) is -33.8. The Kier molecular flexibility index (Phi) is 7.30. The number of hydrogen-bond donors (Lipinski definition) is 0. The first-order chi connectivity index (χ1) is 14.2. The van der Waals surface area contributed by atoms with Gasteiger partial charge < -0.3 is 0 Å². The lowest BCUT2D eigenvalue weighted by Crippen LogP contribution is -2.80. The van der Waals surface area contributed by atoms with E-state index in [4.69, 9.17) is 0 Å². The third kappa shape index (κ3) is 3.86. The first kappa shape index (κ1) is 32.4. The lowest BCUT2D eigenvalue weighted by atomic mass is 9.87. The first-order valence-electron chi connectivity index (χ1n) is 6.77. The monoisotopic (exact) mass is 571 g/mol. The standard InChI is InChI=1S/C10F23N/c11-1(5(17,18)19,3(13,14)4(15,16)8(26,27)28)9(29,30)34(33)10(31,32)2(12,6(20,21)22)7(23,24)25. The van der Waals surface area contributed by atoms with Crippen molar-refractivity contribution in [2.45, 2.75) is 60.0 Å². The van der Waals surface area contributed by atoms with Crippen LogP contribution in [0, 0.1) is 0 Å². The Hall–Kier alpha value is -1.65. The zero-order valence-electron chi connectivity index (χ0n) is 14.1. The predicted molar refractivity (Wildman–Crippen MR) is 54.6 cm³/mol. The summed E-state index contributed by atoms with van der Waals surface area (Å²) in [6, 6.07) is -18.3. The summed E-state index contributed by atoms with van der Waals surface area (Å²) >= 11 is 0. The highest BCUT2D eigenvalue weighted by Crippen LogP contribution is 2.65. The second kappa shape index (κ2) is 7.67. The highest BCUT2D eigenvalue weighted by Gasteiger charge is 2.97. The van der Waals surface area contributed by atoms with Gasteiger partial charge in [-0.2, -0.15) is 87.8 Å². The average Bonchev–Trinajstić information content (AvgIpc) is 2.54. The van der Waals surface area contributed by atoms with Gasteiger partial charge in [-0.3, -0.25) is 0 Å². The average molecular weight is 571 g/mol. The highest BCUT2D eigenvalue weighted by atomic mass is 19.4. The van der Waals surface area contributed by atoms with Crippen molar-refractivity contribution >= 4 is 0 Å². The number of alkyl halides is 22. The Morgan fingerprint density at radius 2 is 0.529 bits per heavy atom. The van der Waals surface area contributed by atoms with Crippen LogP contribution in [0.1, 0.15) is 0 Å². The van der Waals surface area contributed by atoms with Crippen LogP contribution in [0.25, 0.3) is 0 Å². The molecule has 1 atom stereocenters. The summed E-state index contributed by atoms with van der Waals surface area (Å²) in [5, 5.41) is -5.48. The van der Waals surface area contributed by atoms with Crippen LogP contribution >= 0.6 is 0 Å². The van der Waals surface area contributed by atoms with Crippen molar-refractivity contribution in [1.29, 1.82) is 0 Å². The van der Waals surface area contributed by atoms with Crippen molar-refractivity contribution in [3.8, 4) is 0 Å². The van der Waals surface area contributed by atoms with Crippen molar-refractivity contribution < 1.29 is 101 Å². The van der Waals surface area contributed by atoms with Crippen molar-refractivity contribution in [1.82, 2.24) is 5.12 Å². The van der Waals surface area contributed by atoms with E-state index in [1.807, 2.05) is 0 Å². The zero-order chi connectivity index (χ0) is 28.6. The Morgan fingerprint density at radius 1 is 0.294 bits per heavy atom. The molecule has 0 saturated carbocycles. The molecular formula is C10F23N. The second-order valence-corrected chi connectivity index (χ2v) is 5.82. The molecule has 24 heteroatoms. The minimum atomic E-state index is -9.40. The fourth-order valence-electron chi connectivity index (χ4n) is 1.88. The van der Waals surface area contributed by atoms with Gasteiger partial charge in [0.25, 0.3) is 0 Å². The largest absolute Gasteiger partial charge is 0.460 e. The molecule has 0 heterocycles. The predicted octanol–water partition coefficient (Wildman–Crippen LogP) is 7.29. The van der Waals surface area contributed by atoms with Gasteiger partial charge in [0, 0.05) is 0 Å². The van der Waals surface area contributed by atoms with Gasteiger partial charge in [-0.05, 0) is 5.12 Å². The molecule has 0 bridgehead atoms. The van der Waals surface area contributed by atoms with E-state index in [0.717, 1.165) is 0 Å². The van der Waals surface area contributed by atoms with Crippen LogP contribution < -0.4 is 0 Å². The molecule has 0 aromatic carbocycles. The van der Waals surface area contributed by atoms with E-state index in [-0.39, 0.29) is 0 Å². The molecule has 0 aliphatic heterocycles. The van der Waals surface area contributed by atoms with Gasteiger partial charge in [0.1, 0.15) is 0 Å². The molecule has 0 amide bonds. The van der Waals surface area contributed by atoms with E-state index >= 15 is 0 Å². The Morgan fingerprint density at radius 3 is 0.735 bits per heavy atom. The Labute approximate surface area is 168 Å². The van der Waals surface area contributed by atoms with Gasteiger partial charge in [0.2, 0.25) is 0 Å². The highest BCUT2D eigenvalue weighted by molar-refractivity contribution is 5.16. The third-order valence-electron chi connectivity index (χ3n) is 3.68. The van der Waals surface area contributed by atoms with Crippen LogP contribution in [-0.4, -0.2) is 65.1 Å². The summed E-state index contributed by atoms with van der Waals surface area (Å²) in [7, 11) is 0. The molecule has 0 radical (unpaired) electrons. The van der Waals surface area contributed by atoms with Gasteiger partial charge in [-0.1, -0.05) is 0 Å². The molecule has 0 aliphatic rings. The Balaban J connectivity index is 7.48.